The van der Waals surface area contributed by atoms with Gasteiger partial charge in [0.2, 0.25) is 0 Å². The number of hydrogen-bond acceptors (Lipinski definition) is 3. The Morgan fingerprint density at radius 2 is 2.45 bits per heavy atom. The molecule has 0 unspecified atom stereocenters. The largest absolute Gasteiger partial charge is 0.396 e. The maximum absolute atomic E-state index is 9.08. The topological polar surface area (TPSA) is 38.7 Å². The molecule has 0 aliphatic carbocycles. The van der Waals surface area contributed by atoms with Crippen molar-refractivity contribution in [2.45, 2.75) is 25.0 Å². The van der Waals surface area contributed by atoms with Crippen LogP contribution in [0, 0.1) is 5.92 Å². The van der Waals surface area contributed by atoms with Crippen LogP contribution in [0.15, 0.2) is 0 Å². The Morgan fingerprint density at radius 3 is 2.82 bits per heavy atom. The van der Waals surface area contributed by atoms with Crippen LogP contribution in [0.25, 0.3) is 0 Å². The van der Waals surface area contributed by atoms with Crippen molar-refractivity contribution in [3.05, 3.63) is 0 Å². The minimum absolute atomic E-state index is 0.153. The van der Waals surface area contributed by atoms with Gasteiger partial charge in [0.25, 0.3) is 0 Å². The zero-order valence-corrected chi connectivity index (χ0v) is 6.75. The van der Waals surface area contributed by atoms with Gasteiger partial charge in [-0.2, -0.15) is 0 Å². The Labute approximate surface area is 66.3 Å². The van der Waals surface area contributed by atoms with E-state index in [4.69, 9.17) is 14.6 Å². The van der Waals surface area contributed by atoms with Crippen LogP contribution in [0.2, 0.25) is 0 Å². The summed E-state index contributed by atoms with van der Waals surface area (Å²) in [5.41, 5.74) is -0.153. The Kier molecular flexibility index (Phi) is 1.67. The summed E-state index contributed by atoms with van der Waals surface area (Å²) in [4.78, 5) is 0. The highest BCUT2D eigenvalue weighted by Gasteiger charge is 2.54. The SMILES string of the molecule is CC[C@@]12CO[C@@H](CO1)[C@@H]2CO. The number of rotatable bonds is 2. The Hall–Kier alpha value is -0.120. The highest BCUT2D eigenvalue weighted by Crippen LogP contribution is 2.42. The van der Waals surface area contributed by atoms with Crippen molar-refractivity contribution in [2.24, 2.45) is 5.92 Å². The van der Waals surface area contributed by atoms with Crippen LogP contribution >= 0.6 is 0 Å². The number of ether oxygens (including phenoxy) is 2. The third-order valence-electron chi connectivity index (χ3n) is 3.00. The molecule has 3 atom stereocenters. The van der Waals surface area contributed by atoms with Gasteiger partial charge in [-0.1, -0.05) is 6.92 Å². The summed E-state index contributed by atoms with van der Waals surface area (Å²) in [6.07, 6.45) is 1.09. The van der Waals surface area contributed by atoms with Crippen molar-refractivity contribution in [1.29, 1.82) is 0 Å². The fourth-order valence-corrected chi connectivity index (χ4v) is 2.12. The predicted molar refractivity (Wildman–Crippen MR) is 39.3 cm³/mol. The maximum Gasteiger partial charge on any atom is 0.0989 e. The van der Waals surface area contributed by atoms with Crippen molar-refractivity contribution in [3.8, 4) is 0 Å². The van der Waals surface area contributed by atoms with Gasteiger partial charge in [-0.3, -0.25) is 0 Å². The molecule has 2 heterocycles. The van der Waals surface area contributed by atoms with Crippen molar-refractivity contribution in [3.63, 3.8) is 0 Å². The minimum atomic E-state index is -0.153. The average Bonchev–Trinajstić information content (AvgIpc) is 2.58. The monoisotopic (exact) mass is 158 g/mol. The van der Waals surface area contributed by atoms with Gasteiger partial charge in [0, 0.05) is 5.92 Å². The summed E-state index contributed by atoms with van der Waals surface area (Å²) < 4.78 is 11.1. The molecule has 2 aliphatic rings. The normalized spacial score (nSPS) is 48.5. The van der Waals surface area contributed by atoms with Gasteiger partial charge in [-0.15, -0.1) is 0 Å². The quantitative estimate of drug-likeness (QED) is 0.622. The number of aliphatic hydroxyl groups excluding tert-OH is 1. The lowest BCUT2D eigenvalue weighted by Gasteiger charge is -2.26. The Balaban J connectivity index is 2.19. The van der Waals surface area contributed by atoms with Crippen LogP contribution in [0.4, 0.5) is 0 Å². The van der Waals surface area contributed by atoms with E-state index in [0.717, 1.165) is 6.42 Å². The summed E-state index contributed by atoms with van der Waals surface area (Å²) in [5, 5.41) is 9.08. The van der Waals surface area contributed by atoms with E-state index in [-0.39, 0.29) is 24.2 Å². The zero-order valence-electron chi connectivity index (χ0n) is 6.75. The molecule has 0 radical (unpaired) electrons. The van der Waals surface area contributed by atoms with E-state index < -0.39 is 0 Å². The van der Waals surface area contributed by atoms with Crippen molar-refractivity contribution < 1.29 is 14.6 Å². The third-order valence-corrected chi connectivity index (χ3v) is 3.00. The van der Waals surface area contributed by atoms with Gasteiger partial charge in [0.1, 0.15) is 0 Å². The molecule has 2 aliphatic heterocycles. The maximum atomic E-state index is 9.08. The molecule has 3 nitrogen and oxygen atoms in total. The standard InChI is InChI=1S/C8H14O3/c1-2-8-5-10-7(4-11-8)6(8)3-9/h6-7,9H,2-5H2,1H3/t6-,7-,8-/m0/s1. The molecule has 2 bridgehead atoms. The van der Waals surface area contributed by atoms with Crippen molar-refractivity contribution in [2.75, 3.05) is 19.8 Å². The second-order valence-electron chi connectivity index (χ2n) is 3.37. The number of hydrogen-bond donors (Lipinski definition) is 1. The first-order valence-electron chi connectivity index (χ1n) is 4.19. The van der Waals surface area contributed by atoms with E-state index >= 15 is 0 Å². The van der Waals surface area contributed by atoms with Gasteiger partial charge < -0.3 is 14.6 Å². The first kappa shape index (κ1) is 7.53. The predicted octanol–water partition coefficient (Wildman–Crippen LogP) is 0.173. The zero-order chi connectivity index (χ0) is 7.90. The molecule has 0 amide bonds. The highest BCUT2D eigenvalue weighted by molar-refractivity contribution is 5.01. The lowest BCUT2D eigenvalue weighted by Crippen LogP contribution is -2.37. The molecule has 11 heavy (non-hydrogen) atoms. The molecule has 64 valence electrons. The summed E-state index contributed by atoms with van der Waals surface area (Å²) in [6.45, 7) is 3.61. The lowest BCUT2D eigenvalue weighted by atomic mass is 9.88. The lowest BCUT2D eigenvalue weighted by molar-refractivity contribution is -0.0990. The van der Waals surface area contributed by atoms with Crippen LogP contribution in [0.3, 0.4) is 0 Å². The molecule has 0 aromatic heterocycles. The fraction of sp³-hybridized carbons (Fsp3) is 1.00. The summed E-state index contributed by atoms with van der Waals surface area (Å²) in [6, 6.07) is 0. The summed E-state index contributed by atoms with van der Waals surface area (Å²) in [5.74, 6) is 0.215. The molecule has 2 rings (SSSR count). The fourth-order valence-electron chi connectivity index (χ4n) is 2.12. The molecular formula is C8H14O3. The molecule has 2 saturated heterocycles. The van der Waals surface area contributed by atoms with Gasteiger partial charge >= 0.3 is 0 Å². The van der Waals surface area contributed by atoms with E-state index in [9.17, 15) is 0 Å². The molecule has 1 N–H and O–H groups in total. The van der Waals surface area contributed by atoms with Crippen LogP contribution in [-0.4, -0.2) is 36.6 Å². The van der Waals surface area contributed by atoms with E-state index in [2.05, 4.69) is 6.92 Å². The third kappa shape index (κ3) is 0.849. The smallest absolute Gasteiger partial charge is 0.0989 e. The van der Waals surface area contributed by atoms with Gasteiger partial charge in [-0.05, 0) is 6.42 Å². The van der Waals surface area contributed by atoms with Gasteiger partial charge in [0.15, 0.2) is 0 Å². The molecule has 0 aromatic carbocycles. The van der Waals surface area contributed by atoms with Gasteiger partial charge in [-0.25, -0.2) is 0 Å². The van der Waals surface area contributed by atoms with Crippen LogP contribution < -0.4 is 0 Å². The molecule has 0 saturated carbocycles. The number of aliphatic hydroxyl groups is 1. The first-order valence-corrected chi connectivity index (χ1v) is 4.19. The van der Waals surface area contributed by atoms with E-state index in [0.29, 0.717) is 13.2 Å². The van der Waals surface area contributed by atoms with Gasteiger partial charge in [0.05, 0.1) is 31.5 Å². The average molecular weight is 158 g/mol. The molecule has 3 heteroatoms. The Bertz CT molecular complexity index is 149. The molecule has 0 spiro atoms. The molecular weight excluding hydrogens is 144 g/mol. The second-order valence-corrected chi connectivity index (χ2v) is 3.37. The van der Waals surface area contributed by atoms with Crippen LogP contribution in [0.1, 0.15) is 13.3 Å². The van der Waals surface area contributed by atoms with E-state index in [1.165, 1.54) is 0 Å². The number of fused-ring (bicyclic) bond motifs is 2. The molecule has 0 aromatic rings. The van der Waals surface area contributed by atoms with Crippen molar-refractivity contribution in [1.82, 2.24) is 0 Å². The van der Waals surface area contributed by atoms with Crippen LogP contribution in [-0.2, 0) is 9.47 Å². The van der Waals surface area contributed by atoms with Crippen molar-refractivity contribution >= 4 is 0 Å². The molecule has 2 fully saturated rings. The minimum Gasteiger partial charge on any atom is -0.396 e. The highest BCUT2D eigenvalue weighted by atomic mass is 16.6. The van der Waals surface area contributed by atoms with Crippen LogP contribution in [0.5, 0.6) is 0 Å². The summed E-state index contributed by atoms with van der Waals surface area (Å²) >= 11 is 0. The van der Waals surface area contributed by atoms with E-state index in [1.807, 2.05) is 0 Å². The Morgan fingerprint density at radius 1 is 1.64 bits per heavy atom. The summed E-state index contributed by atoms with van der Waals surface area (Å²) in [7, 11) is 0. The second kappa shape index (κ2) is 2.44. The first-order chi connectivity index (χ1) is 5.32. The van der Waals surface area contributed by atoms with E-state index in [1.54, 1.807) is 0 Å².